The van der Waals surface area contributed by atoms with Gasteiger partial charge in [-0.2, -0.15) is 0 Å². The first-order chi connectivity index (χ1) is 9.25. The Kier molecular flexibility index (Phi) is 3.71. The number of imidazole rings is 1. The van der Waals surface area contributed by atoms with E-state index in [-0.39, 0.29) is 0 Å². The van der Waals surface area contributed by atoms with Crippen LogP contribution in [0.25, 0.3) is 11.0 Å². The number of rotatable bonds is 3. The molecule has 1 atom stereocenters. The molecule has 0 radical (unpaired) electrons. The number of H-pyrrole nitrogens is 1. The van der Waals surface area contributed by atoms with Crippen molar-refractivity contribution in [2.45, 2.75) is 32.2 Å². The Hall–Kier alpha value is -1.13. The lowest BCUT2D eigenvalue weighted by Gasteiger charge is -2.29. The average molecular weight is 275 g/mol. The molecule has 0 saturated carbocycles. The Morgan fingerprint density at radius 2 is 1.95 bits per heavy atom. The number of fused-ring (bicyclic) bond motifs is 1. The van der Waals surface area contributed by atoms with Crippen LogP contribution >= 0.6 is 12.2 Å². The van der Waals surface area contributed by atoms with Gasteiger partial charge >= 0.3 is 0 Å². The molecule has 1 fully saturated rings. The van der Waals surface area contributed by atoms with Crippen LogP contribution in [0.5, 0.6) is 0 Å². The molecule has 2 aromatic rings. The maximum absolute atomic E-state index is 5.49. The predicted molar refractivity (Wildman–Crippen MR) is 82.1 cm³/mol. The number of hydrogen-bond acceptors (Lipinski definition) is 2. The zero-order valence-corrected chi connectivity index (χ0v) is 12.2. The van der Waals surface area contributed by atoms with Crippen molar-refractivity contribution in [3.8, 4) is 0 Å². The van der Waals surface area contributed by atoms with E-state index in [0.29, 0.717) is 6.04 Å². The van der Waals surface area contributed by atoms with E-state index in [0.717, 1.165) is 16.8 Å². The zero-order chi connectivity index (χ0) is 13.2. The molecule has 3 rings (SSSR count). The molecule has 1 aliphatic heterocycles. The van der Waals surface area contributed by atoms with Crippen LogP contribution in [-0.2, 0) is 0 Å². The first-order valence-electron chi connectivity index (χ1n) is 7.17. The lowest BCUT2D eigenvalue weighted by Crippen LogP contribution is -2.34. The molecule has 1 aromatic carbocycles. The van der Waals surface area contributed by atoms with E-state index in [1.54, 1.807) is 0 Å². The minimum atomic E-state index is 0.418. The summed E-state index contributed by atoms with van der Waals surface area (Å²) in [5, 5.41) is 0. The Labute approximate surface area is 119 Å². The Bertz CT molecular complexity index is 607. The van der Waals surface area contributed by atoms with E-state index in [9.17, 15) is 0 Å². The van der Waals surface area contributed by atoms with E-state index in [1.165, 1.54) is 37.9 Å². The smallest absolute Gasteiger partial charge is 0.178 e. The molecule has 3 nitrogen and oxygen atoms in total. The van der Waals surface area contributed by atoms with Crippen molar-refractivity contribution in [3.63, 3.8) is 0 Å². The summed E-state index contributed by atoms with van der Waals surface area (Å²) in [6.07, 6.45) is 4.06. The van der Waals surface area contributed by atoms with E-state index < -0.39 is 0 Å². The quantitative estimate of drug-likeness (QED) is 0.863. The SMILES string of the molecule is CC(CN1CCCCC1)n1c(=S)[nH]c2ccccc21. The third kappa shape index (κ3) is 2.60. The highest BCUT2D eigenvalue weighted by molar-refractivity contribution is 7.71. The summed E-state index contributed by atoms with van der Waals surface area (Å²) in [6, 6.07) is 8.79. The molecular weight excluding hydrogens is 254 g/mol. The van der Waals surface area contributed by atoms with Crippen LogP contribution in [0.2, 0.25) is 0 Å². The molecule has 19 heavy (non-hydrogen) atoms. The molecule has 0 bridgehead atoms. The summed E-state index contributed by atoms with van der Waals surface area (Å²) in [4.78, 5) is 5.87. The molecule has 0 aliphatic carbocycles. The number of nitrogens with zero attached hydrogens (tertiary/aromatic N) is 2. The highest BCUT2D eigenvalue weighted by Crippen LogP contribution is 2.20. The monoisotopic (exact) mass is 275 g/mol. The van der Waals surface area contributed by atoms with Crippen molar-refractivity contribution >= 4 is 23.3 Å². The van der Waals surface area contributed by atoms with Crippen molar-refractivity contribution in [1.29, 1.82) is 0 Å². The van der Waals surface area contributed by atoms with Gasteiger partial charge in [0.15, 0.2) is 4.77 Å². The summed E-state index contributed by atoms with van der Waals surface area (Å²) >= 11 is 5.49. The number of benzene rings is 1. The van der Waals surface area contributed by atoms with Gasteiger partial charge in [0, 0.05) is 12.6 Å². The van der Waals surface area contributed by atoms with Gasteiger partial charge in [-0.3, -0.25) is 0 Å². The Morgan fingerprint density at radius 3 is 2.74 bits per heavy atom. The first kappa shape index (κ1) is 12.9. The summed E-state index contributed by atoms with van der Waals surface area (Å²) in [5.74, 6) is 0. The second-order valence-electron chi connectivity index (χ2n) is 5.53. The number of aromatic amines is 1. The largest absolute Gasteiger partial charge is 0.331 e. The summed E-state index contributed by atoms with van der Waals surface area (Å²) in [5.41, 5.74) is 2.36. The molecule has 1 unspecified atom stereocenters. The standard InChI is InChI=1S/C15H21N3S/c1-12(11-17-9-5-2-6-10-17)18-14-8-4-3-7-13(14)16-15(18)19/h3-4,7-8,12H,2,5-6,9-11H2,1H3,(H,16,19). The van der Waals surface area contributed by atoms with Crippen LogP contribution < -0.4 is 0 Å². The van der Waals surface area contributed by atoms with Gasteiger partial charge in [-0.15, -0.1) is 0 Å². The van der Waals surface area contributed by atoms with Crippen LogP contribution in [-0.4, -0.2) is 34.1 Å². The van der Waals surface area contributed by atoms with Gasteiger partial charge in [0.05, 0.1) is 11.0 Å². The minimum Gasteiger partial charge on any atom is -0.331 e. The number of aromatic nitrogens is 2. The Morgan fingerprint density at radius 1 is 1.21 bits per heavy atom. The topological polar surface area (TPSA) is 24.0 Å². The van der Waals surface area contributed by atoms with Gasteiger partial charge in [-0.05, 0) is 57.2 Å². The summed E-state index contributed by atoms with van der Waals surface area (Å²) < 4.78 is 3.10. The van der Waals surface area contributed by atoms with Crippen molar-refractivity contribution < 1.29 is 0 Å². The number of nitrogens with one attached hydrogen (secondary N) is 1. The molecule has 2 heterocycles. The molecule has 1 saturated heterocycles. The molecule has 1 N–H and O–H groups in total. The van der Waals surface area contributed by atoms with Crippen molar-refractivity contribution in [3.05, 3.63) is 29.0 Å². The lowest BCUT2D eigenvalue weighted by molar-refractivity contribution is 0.202. The first-order valence-corrected chi connectivity index (χ1v) is 7.58. The Balaban J connectivity index is 1.86. The molecule has 0 amide bonds. The molecule has 0 spiro atoms. The summed E-state index contributed by atoms with van der Waals surface area (Å²) in [7, 11) is 0. The van der Waals surface area contributed by atoms with E-state index in [1.807, 2.05) is 6.07 Å². The van der Waals surface area contributed by atoms with Crippen LogP contribution in [0, 0.1) is 4.77 Å². The average Bonchev–Trinajstić information content (AvgIpc) is 2.75. The third-order valence-electron chi connectivity index (χ3n) is 4.04. The van der Waals surface area contributed by atoms with Gasteiger partial charge in [0.1, 0.15) is 0 Å². The van der Waals surface area contributed by atoms with E-state index >= 15 is 0 Å². The number of hydrogen-bond donors (Lipinski definition) is 1. The molecule has 1 aromatic heterocycles. The fourth-order valence-electron chi connectivity index (χ4n) is 3.11. The van der Waals surface area contributed by atoms with Gasteiger partial charge < -0.3 is 14.5 Å². The van der Waals surface area contributed by atoms with Crippen LogP contribution in [0.1, 0.15) is 32.2 Å². The highest BCUT2D eigenvalue weighted by atomic mass is 32.1. The fraction of sp³-hybridized carbons (Fsp3) is 0.533. The molecule has 4 heteroatoms. The van der Waals surface area contributed by atoms with Crippen molar-refractivity contribution in [2.75, 3.05) is 19.6 Å². The van der Waals surface area contributed by atoms with Gasteiger partial charge in [0.25, 0.3) is 0 Å². The zero-order valence-electron chi connectivity index (χ0n) is 11.4. The van der Waals surface area contributed by atoms with Crippen LogP contribution in [0.4, 0.5) is 0 Å². The van der Waals surface area contributed by atoms with Gasteiger partial charge in [-0.25, -0.2) is 0 Å². The molecular formula is C15H21N3S. The van der Waals surface area contributed by atoms with Crippen molar-refractivity contribution in [2.24, 2.45) is 0 Å². The maximum Gasteiger partial charge on any atom is 0.178 e. The predicted octanol–water partition coefficient (Wildman–Crippen LogP) is 3.75. The van der Waals surface area contributed by atoms with E-state index in [4.69, 9.17) is 12.2 Å². The normalized spacial score (nSPS) is 18.8. The minimum absolute atomic E-state index is 0.418. The van der Waals surface area contributed by atoms with E-state index in [2.05, 4.69) is 39.6 Å². The van der Waals surface area contributed by atoms with Gasteiger partial charge in [0.2, 0.25) is 0 Å². The van der Waals surface area contributed by atoms with Crippen LogP contribution in [0.15, 0.2) is 24.3 Å². The molecule has 102 valence electrons. The van der Waals surface area contributed by atoms with Crippen LogP contribution in [0.3, 0.4) is 0 Å². The number of piperidine rings is 1. The lowest BCUT2D eigenvalue weighted by atomic mass is 10.1. The number of likely N-dealkylation sites (tertiary alicyclic amines) is 1. The maximum atomic E-state index is 5.49. The summed E-state index contributed by atoms with van der Waals surface area (Å²) in [6.45, 7) is 5.83. The third-order valence-corrected chi connectivity index (χ3v) is 4.33. The van der Waals surface area contributed by atoms with Gasteiger partial charge in [-0.1, -0.05) is 18.6 Å². The highest BCUT2D eigenvalue weighted by Gasteiger charge is 2.16. The second kappa shape index (κ2) is 5.47. The number of para-hydroxylation sites is 2. The second-order valence-corrected chi connectivity index (χ2v) is 5.91. The fourth-order valence-corrected chi connectivity index (χ4v) is 3.50. The van der Waals surface area contributed by atoms with Crippen molar-refractivity contribution in [1.82, 2.24) is 14.5 Å². The molecule has 1 aliphatic rings.